The lowest BCUT2D eigenvalue weighted by molar-refractivity contribution is 0.414. The molecule has 0 unspecified atom stereocenters. The quantitative estimate of drug-likeness (QED) is 0.262. The number of rotatable bonds is 8. The normalized spacial score (nSPS) is 11.0. The lowest BCUT2D eigenvalue weighted by atomic mass is 9.99. The molecular weight excluding hydrogens is 446 g/mol. The molecule has 0 saturated carbocycles. The van der Waals surface area contributed by atoms with Crippen LogP contribution in [-0.4, -0.2) is 25.9 Å². The summed E-state index contributed by atoms with van der Waals surface area (Å²) in [6, 6.07) is 24.4. The Morgan fingerprint density at radius 2 is 1.26 bits per heavy atom. The van der Waals surface area contributed by atoms with Gasteiger partial charge >= 0.3 is 0 Å². The number of ether oxygens (including phenoxy) is 3. The van der Waals surface area contributed by atoms with Crippen LogP contribution in [0.15, 0.2) is 72.8 Å². The molecule has 3 aromatic carbocycles. The lowest BCUT2D eigenvalue weighted by Crippen LogP contribution is -2.06. The molecule has 0 bridgehead atoms. The Hall–Kier alpha value is -3.37. The van der Waals surface area contributed by atoms with Crippen molar-refractivity contribution in [1.29, 1.82) is 0 Å². The number of hydrogen-bond acceptors (Lipinski definition) is 3. The topological polar surface area (TPSA) is 32.6 Å². The van der Waals surface area contributed by atoms with Crippen molar-refractivity contribution in [3.05, 3.63) is 83.5 Å². The predicted octanol–water partition coefficient (Wildman–Crippen LogP) is 7.69. The van der Waals surface area contributed by atoms with Crippen LogP contribution in [0.2, 0.25) is 5.02 Å². The molecule has 4 nitrogen and oxygen atoms in total. The van der Waals surface area contributed by atoms with Gasteiger partial charge in [-0.3, -0.25) is 0 Å². The summed E-state index contributed by atoms with van der Waals surface area (Å²) in [4.78, 5) is 0. The van der Waals surface area contributed by atoms with E-state index in [1.54, 1.807) is 21.3 Å². The molecule has 0 aliphatic rings. The third kappa shape index (κ3) is 4.78. The molecule has 0 amide bonds. The second-order valence-corrected chi connectivity index (χ2v) is 9.00. The average Bonchev–Trinajstić information content (AvgIpc) is 3.22. The van der Waals surface area contributed by atoms with E-state index in [1.165, 1.54) is 5.69 Å². The van der Waals surface area contributed by atoms with Gasteiger partial charge < -0.3 is 18.8 Å². The van der Waals surface area contributed by atoms with Crippen molar-refractivity contribution in [3.8, 4) is 45.3 Å². The van der Waals surface area contributed by atoms with Gasteiger partial charge in [-0.1, -0.05) is 25.4 Å². The predicted molar refractivity (Wildman–Crippen MR) is 140 cm³/mol. The third-order valence-corrected chi connectivity index (χ3v) is 6.20. The largest absolute Gasteiger partial charge is 0.497 e. The Morgan fingerprint density at radius 1 is 0.706 bits per heavy atom. The molecule has 176 valence electrons. The van der Waals surface area contributed by atoms with Crippen LogP contribution in [0, 0.1) is 5.92 Å². The van der Waals surface area contributed by atoms with E-state index in [2.05, 4.69) is 48.7 Å². The van der Waals surface area contributed by atoms with Gasteiger partial charge in [0, 0.05) is 22.5 Å². The van der Waals surface area contributed by atoms with Crippen LogP contribution >= 0.6 is 11.6 Å². The summed E-state index contributed by atoms with van der Waals surface area (Å²) in [6.45, 7) is 4.47. The van der Waals surface area contributed by atoms with E-state index in [1.807, 2.05) is 42.5 Å². The van der Waals surface area contributed by atoms with E-state index >= 15 is 0 Å². The smallest absolute Gasteiger partial charge is 0.120 e. The lowest BCUT2D eigenvalue weighted by Gasteiger charge is -2.17. The van der Waals surface area contributed by atoms with E-state index in [0.29, 0.717) is 10.9 Å². The van der Waals surface area contributed by atoms with Crippen molar-refractivity contribution in [1.82, 2.24) is 4.57 Å². The van der Waals surface area contributed by atoms with Crippen molar-refractivity contribution >= 4 is 11.6 Å². The van der Waals surface area contributed by atoms with Crippen LogP contribution in [0.1, 0.15) is 19.5 Å². The fourth-order valence-corrected chi connectivity index (χ4v) is 4.49. The number of benzene rings is 3. The van der Waals surface area contributed by atoms with Crippen molar-refractivity contribution in [2.45, 2.75) is 20.3 Å². The van der Waals surface area contributed by atoms with E-state index in [0.717, 1.165) is 51.7 Å². The average molecular weight is 476 g/mol. The summed E-state index contributed by atoms with van der Waals surface area (Å²) in [5, 5.41) is 0.664. The number of hydrogen-bond donors (Lipinski definition) is 0. The SMILES string of the molecule is COc1ccc(-c2cc(-c3ccc(OC)cc3Cl)c(CC(C)C)n2-c2ccc(OC)cc2)cc1. The monoisotopic (exact) mass is 475 g/mol. The second-order valence-electron chi connectivity index (χ2n) is 8.60. The highest BCUT2D eigenvalue weighted by Crippen LogP contribution is 2.40. The molecule has 0 radical (unpaired) electrons. The molecule has 0 aliphatic heterocycles. The van der Waals surface area contributed by atoms with Crippen LogP contribution in [0.5, 0.6) is 17.2 Å². The first kappa shape index (κ1) is 23.8. The van der Waals surface area contributed by atoms with Crippen molar-refractivity contribution in [2.75, 3.05) is 21.3 Å². The van der Waals surface area contributed by atoms with Gasteiger partial charge in [0.05, 0.1) is 32.0 Å². The molecule has 0 saturated heterocycles. The van der Waals surface area contributed by atoms with Crippen LogP contribution in [0.25, 0.3) is 28.1 Å². The molecule has 0 spiro atoms. The maximum absolute atomic E-state index is 6.76. The molecule has 0 fully saturated rings. The van der Waals surface area contributed by atoms with E-state index in [-0.39, 0.29) is 0 Å². The second kappa shape index (κ2) is 10.3. The van der Waals surface area contributed by atoms with Crippen molar-refractivity contribution in [2.24, 2.45) is 5.92 Å². The van der Waals surface area contributed by atoms with Gasteiger partial charge in [0.25, 0.3) is 0 Å². The summed E-state index contributed by atoms with van der Waals surface area (Å²) < 4.78 is 18.5. The maximum Gasteiger partial charge on any atom is 0.120 e. The molecule has 34 heavy (non-hydrogen) atoms. The van der Waals surface area contributed by atoms with Gasteiger partial charge in [0.1, 0.15) is 17.2 Å². The zero-order chi connectivity index (χ0) is 24.2. The summed E-state index contributed by atoms with van der Waals surface area (Å²) in [7, 11) is 5.01. The minimum atomic E-state index is 0.450. The minimum absolute atomic E-state index is 0.450. The van der Waals surface area contributed by atoms with Gasteiger partial charge in [-0.2, -0.15) is 0 Å². The fourth-order valence-electron chi connectivity index (χ4n) is 4.21. The van der Waals surface area contributed by atoms with Crippen LogP contribution in [-0.2, 0) is 6.42 Å². The number of methoxy groups -OCH3 is 3. The maximum atomic E-state index is 6.76. The molecule has 4 aromatic rings. The van der Waals surface area contributed by atoms with E-state index in [4.69, 9.17) is 25.8 Å². The summed E-state index contributed by atoms with van der Waals surface area (Å²) in [6.07, 6.45) is 0.889. The Morgan fingerprint density at radius 3 is 1.79 bits per heavy atom. The zero-order valence-electron chi connectivity index (χ0n) is 20.3. The van der Waals surface area contributed by atoms with Gasteiger partial charge in [-0.25, -0.2) is 0 Å². The van der Waals surface area contributed by atoms with Crippen molar-refractivity contribution in [3.63, 3.8) is 0 Å². The molecule has 4 rings (SSSR count). The molecule has 5 heteroatoms. The summed E-state index contributed by atoms with van der Waals surface area (Å²) in [5.41, 5.74) is 6.56. The van der Waals surface area contributed by atoms with E-state index < -0.39 is 0 Å². The van der Waals surface area contributed by atoms with Crippen LogP contribution in [0.3, 0.4) is 0 Å². The molecule has 0 aliphatic carbocycles. The molecular formula is C29H30ClNO3. The number of halogens is 1. The van der Waals surface area contributed by atoms with Crippen LogP contribution < -0.4 is 14.2 Å². The highest BCUT2D eigenvalue weighted by Gasteiger charge is 2.21. The first-order chi connectivity index (χ1) is 16.4. The summed E-state index contributed by atoms with van der Waals surface area (Å²) >= 11 is 6.76. The molecule has 1 heterocycles. The Balaban J connectivity index is 2.00. The van der Waals surface area contributed by atoms with Gasteiger partial charge in [-0.15, -0.1) is 0 Å². The Kier molecular flexibility index (Phi) is 7.18. The van der Waals surface area contributed by atoms with Gasteiger partial charge in [0.15, 0.2) is 0 Å². The first-order valence-electron chi connectivity index (χ1n) is 11.3. The van der Waals surface area contributed by atoms with Gasteiger partial charge in [0.2, 0.25) is 0 Å². The Bertz CT molecular complexity index is 1260. The third-order valence-electron chi connectivity index (χ3n) is 5.89. The first-order valence-corrected chi connectivity index (χ1v) is 11.7. The van der Waals surface area contributed by atoms with E-state index in [9.17, 15) is 0 Å². The van der Waals surface area contributed by atoms with Crippen LogP contribution in [0.4, 0.5) is 0 Å². The molecule has 0 N–H and O–H groups in total. The highest BCUT2D eigenvalue weighted by atomic mass is 35.5. The van der Waals surface area contributed by atoms with Crippen molar-refractivity contribution < 1.29 is 14.2 Å². The number of aromatic nitrogens is 1. The van der Waals surface area contributed by atoms with Gasteiger partial charge in [-0.05, 0) is 90.7 Å². The minimum Gasteiger partial charge on any atom is -0.497 e. The standard InChI is InChI=1S/C29H30ClNO3/c1-19(2)16-29-26(25-15-14-24(34-5)17-27(25)30)18-28(20-6-10-22(32-3)11-7-20)31(29)21-8-12-23(33-4)13-9-21/h6-15,17-19H,16H2,1-5H3. The Labute approximate surface area is 206 Å². The summed E-state index contributed by atoms with van der Waals surface area (Å²) in [5.74, 6) is 2.84. The number of nitrogens with zero attached hydrogens (tertiary/aromatic N) is 1. The molecule has 0 atom stereocenters. The highest BCUT2D eigenvalue weighted by molar-refractivity contribution is 6.33. The fraction of sp³-hybridized carbons (Fsp3) is 0.241. The zero-order valence-corrected chi connectivity index (χ0v) is 21.0. The molecule has 1 aromatic heterocycles.